The summed E-state index contributed by atoms with van der Waals surface area (Å²) in [5, 5.41) is 13.9. The number of benzene rings is 1. The predicted molar refractivity (Wildman–Crippen MR) is 129 cm³/mol. The highest BCUT2D eigenvalue weighted by Gasteiger charge is 2.41. The highest BCUT2D eigenvalue weighted by atomic mass is 32.1. The van der Waals surface area contributed by atoms with Gasteiger partial charge >= 0.3 is 5.97 Å². The lowest BCUT2D eigenvalue weighted by Gasteiger charge is -2.29. The SMILES string of the molecule is Cc1cc(C2C(c3ccccn3)NC(=S)N2CC(C)C)c(C)n1-c1ccccc1C(=O)O. The zero-order valence-corrected chi connectivity index (χ0v) is 19.6. The third kappa shape index (κ3) is 3.88. The Bertz CT molecular complexity index is 1160. The van der Waals surface area contributed by atoms with Crippen LogP contribution in [0.15, 0.2) is 54.7 Å². The molecule has 3 aromatic rings. The van der Waals surface area contributed by atoms with Gasteiger partial charge in [0.05, 0.1) is 29.0 Å². The van der Waals surface area contributed by atoms with Gasteiger partial charge < -0.3 is 19.9 Å². The van der Waals surface area contributed by atoms with E-state index in [0.717, 1.165) is 34.3 Å². The van der Waals surface area contributed by atoms with Gasteiger partial charge in [0.25, 0.3) is 0 Å². The van der Waals surface area contributed by atoms with Crippen molar-refractivity contribution in [3.8, 4) is 5.69 Å². The Morgan fingerprint density at radius 1 is 1.19 bits per heavy atom. The van der Waals surface area contributed by atoms with Gasteiger partial charge in [0.2, 0.25) is 0 Å². The van der Waals surface area contributed by atoms with Gasteiger partial charge in [-0.1, -0.05) is 32.0 Å². The smallest absolute Gasteiger partial charge is 0.337 e. The number of nitrogens with one attached hydrogen (secondary N) is 1. The number of carbonyl (C=O) groups is 1. The molecule has 0 bridgehead atoms. The first kappa shape index (κ1) is 22.0. The molecule has 2 atom stereocenters. The average molecular weight is 449 g/mol. The van der Waals surface area contributed by atoms with E-state index >= 15 is 0 Å². The summed E-state index contributed by atoms with van der Waals surface area (Å²) in [6.07, 6.45) is 1.80. The third-order valence-corrected chi connectivity index (χ3v) is 6.28. The summed E-state index contributed by atoms with van der Waals surface area (Å²) in [6, 6.07) is 15.0. The third-order valence-electron chi connectivity index (χ3n) is 5.92. The largest absolute Gasteiger partial charge is 0.478 e. The summed E-state index contributed by atoms with van der Waals surface area (Å²) in [5.74, 6) is -0.512. The predicted octanol–water partition coefficient (Wildman–Crippen LogP) is 4.82. The van der Waals surface area contributed by atoms with E-state index in [9.17, 15) is 9.90 Å². The van der Waals surface area contributed by atoms with E-state index in [1.54, 1.807) is 18.3 Å². The Hall–Kier alpha value is -3.19. The summed E-state index contributed by atoms with van der Waals surface area (Å²) in [7, 11) is 0. The molecule has 6 nitrogen and oxygen atoms in total. The summed E-state index contributed by atoms with van der Waals surface area (Å²) < 4.78 is 2.03. The molecule has 1 aromatic carbocycles. The zero-order chi connectivity index (χ0) is 23.0. The maximum atomic E-state index is 11.9. The number of nitrogens with zero attached hydrogens (tertiary/aromatic N) is 3. The molecule has 0 radical (unpaired) electrons. The molecule has 1 fully saturated rings. The molecule has 0 aliphatic carbocycles. The van der Waals surface area contributed by atoms with Gasteiger partial charge in [-0.2, -0.15) is 0 Å². The van der Waals surface area contributed by atoms with Crippen LogP contribution in [0.3, 0.4) is 0 Å². The highest BCUT2D eigenvalue weighted by molar-refractivity contribution is 7.80. The number of carboxylic acid groups (broad SMARTS) is 1. The van der Waals surface area contributed by atoms with Crippen molar-refractivity contribution in [2.45, 2.75) is 39.8 Å². The lowest BCUT2D eigenvalue weighted by Crippen LogP contribution is -2.33. The summed E-state index contributed by atoms with van der Waals surface area (Å²) >= 11 is 5.75. The molecule has 3 heterocycles. The van der Waals surface area contributed by atoms with Crippen LogP contribution in [-0.4, -0.2) is 37.2 Å². The Kier molecular flexibility index (Phi) is 6.02. The first-order chi connectivity index (χ1) is 15.3. The zero-order valence-electron chi connectivity index (χ0n) is 18.7. The molecular formula is C25H28N4O2S. The number of thiocarbonyl (C=S) groups is 1. The molecule has 1 aliphatic rings. The normalized spacial score (nSPS) is 18.3. The van der Waals surface area contributed by atoms with E-state index in [1.807, 2.05) is 48.7 Å². The Morgan fingerprint density at radius 3 is 2.56 bits per heavy atom. The Balaban J connectivity index is 1.87. The number of aromatic carboxylic acids is 1. The van der Waals surface area contributed by atoms with Crippen LogP contribution in [0.1, 0.15) is 58.9 Å². The van der Waals surface area contributed by atoms with Crippen LogP contribution in [0.5, 0.6) is 0 Å². The van der Waals surface area contributed by atoms with Crippen LogP contribution in [0, 0.1) is 19.8 Å². The Morgan fingerprint density at radius 2 is 1.91 bits per heavy atom. The van der Waals surface area contributed by atoms with E-state index in [1.165, 1.54) is 0 Å². The van der Waals surface area contributed by atoms with Gasteiger partial charge in [-0.15, -0.1) is 0 Å². The van der Waals surface area contributed by atoms with Crippen molar-refractivity contribution in [1.29, 1.82) is 0 Å². The molecule has 0 saturated carbocycles. The van der Waals surface area contributed by atoms with Crippen LogP contribution in [0.2, 0.25) is 0 Å². The quantitative estimate of drug-likeness (QED) is 0.527. The summed E-state index contributed by atoms with van der Waals surface area (Å²) in [4.78, 5) is 18.7. The first-order valence-electron chi connectivity index (χ1n) is 10.8. The van der Waals surface area contributed by atoms with Crippen molar-refractivity contribution in [2.75, 3.05) is 6.54 Å². The van der Waals surface area contributed by atoms with Crippen molar-refractivity contribution in [2.24, 2.45) is 5.92 Å². The fourth-order valence-corrected chi connectivity index (χ4v) is 4.96. The highest BCUT2D eigenvalue weighted by Crippen LogP contribution is 2.41. The van der Waals surface area contributed by atoms with Crippen LogP contribution in [0.4, 0.5) is 0 Å². The van der Waals surface area contributed by atoms with Crippen LogP contribution in [0.25, 0.3) is 5.69 Å². The van der Waals surface area contributed by atoms with Crippen molar-refractivity contribution in [1.82, 2.24) is 19.8 Å². The fourth-order valence-electron chi connectivity index (χ4n) is 4.64. The molecule has 2 unspecified atom stereocenters. The maximum absolute atomic E-state index is 11.9. The number of aryl methyl sites for hydroxylation is 1. The van der Waals surface area contributed by atoms with E-state index in [2.05, 4.69) is 35.1 Å². The van der Waals surface area contributed by atoms with Crippen molar-refractivity contribution in [3.63, 3.8) is 0 Å². The standard InChI is InChI=1S/C25H28N4O2S/c1-15(2)14-28-23(22(27-25(28)32)20-10-7-8-12-26-20)19-13-16(3)29(17(19)4)21-11-6-5-9-18(21)24(30)31/h5-13,15,22-23H,14H2,1-4H3,(H,27,32)(H,30,31). The van der Waals surface area contributed by atoms with Crippen LogP contribution in [-0.2, 0) is 0 Å². The number of aromatic nitrogens is 2. The van der Waals surface area contributed by atoms with Gasteiger partial charge in [0.1, 0.15) is 0 Å². The molecule has 7 heteroatoms. The molecule has 4 rings (SSSR count). The molecule has 0 amide bonds. The van der Waals surface area contributed by atoms with Gasteiger partial charge in [-0.05, 0) is 67.9 Å². The van der Waals surface area contributed by atoms with Crippen molar-refractivity contribution >= 4 is 23.3 Å². The van der Waals surface area contributed by atoms with Crippen molar-refractivity contribution in [3.05, 3.63) is 82.9 Å². The molecule has 0 spiro atoms. The minimum absolute atomic E-state index is 0.0447. The van der Waals surface area contributed by atoms with E-state index in [4.69, 9.17) is 12.2 Å². The molecule has 32 heavy (non-hydrogen) atoms. The number of hydrogen-bond donors (Lipinski definition) is 2. The summed E-state index contributed by atoms with van der Waals surface area (Å²) in [6.45, 7) is 9.24. The van der Waals surface area contributed by atoms with Gasteiger partial charge in [-0.25, -0.2) is 4.79 Å². The maximum Gasteiger partial charge on any atom is 0.337 e. The molecule has 2 N–H and O–H groups in total. The lowest BCUT2D eigenvalue weighted by atomic mass is 9.96. The number of carboxylic acids is 1. The number of para-hydroxylation sites is 1. The van der Waals surface area contributed by atoms with E-state index in [-0.39, 0.29) is 17.6 Å². The molecular weight excluding hydrogens is 420 g/mol. The first-order valence-corrected chi connectivity index (χ1v) is 11.2. The number of rotatable bonds is 6. The van der Waals surface area contributed by atoms with Gasteiger partial charge in [0.15, 0.2) is 5.11 Å². The molecule has 2 aromatic heterocycles. The second-order valence-corrected chi connectivity index (χ2v) is 9.04. The van der Waals surface area contributed by atoms with Gasteiger partial charge in [0, 0.05) is 24.1 Å². The molecule has 166 valence electrons. The minimum atomic E-state index is -0.939. The topological polar surface area (TPSA) is 70.4 Å². The second kappa shape index (κ2) is 8.74. The average Bonchev–Trinajstić information content (AvgIpc) is 3.23. The van der Waals surface area contributed by atoms with Crippen LogP contribution < -0.4 is 5.32 Å². The molecule has 1 saturated heterocycles. The lowest BCUT2D eigenvalue weighted by molar-refractivity contribution is 0.0697. The Labute approximate surface area is 193 Å². The van der Waals surface area contributed by atoms with Crippen LogP contribution >= 0.6 is 12.2 Å². The van der Waals surface area contributed by atoms with Crippen molar-refractivity contribution < 1.29 is 9.90 Å². The van der Waals surface area contributed by atoms with E-state index < -0.39 is 5.97 Å². The van der Waals surface area contributed by atoms with E-state index in [0.29, 0.717) is 11.6 Å². The number of hydrogen-bond acceptors (Lipinski definition) is 3. The second-order valence-electron chi connectivity index (χ2n) is 8.66. The monoisotopic (exact) mass is 448 g/mol. The molecule has 1 aliphatic heterocycles. The summed E-state index contributed by atoms with van der Waals surface area (Å²) in [5.41, 5.74) is 4.98. The minimum Gasteiger partial charge on any atom is -0.478 e. The number of pyridine rings is 1. The fraction of sp³-hybridized carbons (Fsp3) is 0.320. The van der Waals surface area contributed by atoms with Gasteiger partial charge in [-0.3, -0.25) is 4.98 Å².